The molecular weight excluding hydrogens is 404 g/mol. The van der Waals surface area contributed by atoms with E-state index < -0.39 is 23.0 Å². The fourth-order valence-corrected chi connectivity index (χ4v) is 3.44. The molecule has 0 amide bonds. The zero-order chi connectivity index (χ0) is 19.6. The van der Waals surface area contributed by atoms with Crippen LogP contribution in [0.25, 0.3) is 0 Å². The van der Waals surface area contributed by atoms with E-state index in [0.717, 1.165) is 12.8 Å². The van der Waals surface area contributed by atoms with Crippen LogP contribution in [0.15, 0.2) is 23.0 Å². The van der Waals surface area contributed by atoms with E-state index in [1.165, 1.54) is 18.2 Å². The number of alkyl halides is 3. The molecule has 0 spiro atoms. The van der Waals surface area contributed by atoms with Gasteiger partial charge in [0.05, 0.1) is 15.6 Å². The van der Waals surface area contributed by atoms with Crippen molar-refractivity contribution < 1.29 is 17.9 Å². The Morgan fingerprint density at radius 1 is 1.19 bits per heavy atom. The molecule has 27 heavy (non-hydrogen) atoms. The van der Waals surface area contributed by atoms with E-state index in [-0.39, 0.29) is 34.6 Å². The fraction of sp³-hybridized carbons (Fsp3) is 0.444. The largest absolute Gasteiger partial charge is 0.433 e. The summed E-state index contributed by atoms with van der Waals surface area (Å²) in [5.41, 5.74) is -1.93. The molecule has 0 radical (unpaired) electrons. The number of aromatic nitrogens is 2. The van der Waals surface area contributed by atoms with Gasteiger partial charge in [-0.2, -0.15) is 13.2 Å². The Labute approximate surface area is 163 Å². The highest BCUT2D eigenvalue weighted by Gasteiger charge is 2.37. The van der Waals surface area contributed by atoms with Crippen LogP contribution in [0.3, 0.4) is 0 Å². The maximum Gasteiger partial charge on any atom is 0.433 e. The van der Waals surface area contributed by atoms with Gasteiger partial charge in [-0.15, -0.1) is 0 Å². The predicted molar refractivity (Wildman–Crippen MR) is 96.4 cm³/mol. The zero-order valence-corrected chi connectivity index (χ0v) is 15.7. The van der Waals surface area contributed by atoms with E-state index in [1.807, 2.05) is 0 Å². The minimum atomic E-state index is -4.73. The molecule has 2 aromatic rings. The molecule has 146 valence electrons. The molecule has 1 fully saturated rings. The smallest absolute Gasteiger partial charge is 0.381 e. The van der Waals surface area contributed by atoms with Crippen molar-refractivity contribution in [1.82, 2.24) is 9.97 Å². The molecule has 1 aromatic heterocycles. The van der Waals surface area contributed by atoms with Crippen molar-refractivity contribution in [2.75, 3.05) is 13.2 Å². The lowest BCUT2D eigenvalue weighted by Crippen LogP contribution is -2.27. The van der Waals surface area contributed by atoms with Crippen LogP contribution in [-0.2, 0) is 23.8 Å². The summed E-state index contributed by atoms with van der Waals surface area (Å²) >= 11 is 11.7. The van der Waals surface area contributed by atoms with Crippen LogP contribution in [0.2, 0.25) is 10.0 Å². The molecule has 1 N–H and O–H groups in total. The Hall–Kier alpha value is -1.57. The van der Waals surface area contributed by atoms with Crippen molar-refractivity contribution in [1.29, 1.82) is 0 Å². The molecule has 1 saturated heterocycles. The summed E-state index contributed by atoms with van der Waals surface area (Å²) < 4.78 is 45.9. The lowest BCUT2D eigenvalue weighted by Gasteiger charge is -2.22. The van der Waals surface area contributed by atoms with E-state index in [9.17, 15) is 18.0 Å². The monoisotopic (exact) mass is 420 g/mol. The summed E-state index contributed by atoms with van der Waals surface area (Å²) in [6.07, 6.45) is -3.23. The average Bonchev–Trinajstić information content (AvgIpc) is 2.60. The molecule has 0 unspecified atom stereocenters. The first-order chi connectivity index (χ1) is 12.7. The third kappa shape index (κ3) is 5.03. The molecule has 1 aliphatic heterocycles. The highest BCUT2D eigenvalue weighted by molar-refractivity contribution is 6.42. The Kier molecular flexibility index (Phi) is 6.13. The summed E-state index contributed by atoms with van der Waals surface area (Å²) in [5, 5.41) is 0.499. The summed E-state index contributed by atoms with van der Waals surface area (Å²) in [4.78, 5) is 18.7. The molecule has 0 bridgehead atoms. The first-order valence-electron chi connectivity index (χ1n) is 8.45. The standard InChI is InChI=1S/C18H17Cl2F3N2O2/c19-13-2-1-11(8-14(13)20)7-12-16(18(21,22)23)24-15(25-17(12)26)9-10-3-5-27-6-4-10/h1-2,8,10H,3-7,9H2,(H,24,25,26). The molecule has 9 heteroatoms. The van der Waals surface area contributed by atoms with Crippen molar-refractivity contribution >= 4 is 23.2 Å². The second-order valence-corrected chi connectivity index (χ2v) is 7.34. The minimum absolute atomic E-state index is 0.0529. The lowest BCUT2D eigenvalue weighted by atomic mass is 9.96. The Morgan fingerprint density at radius 3 is 2.52 bits per heavy atom. The quantitative estimate of drug-likeness (QED) is 0.782. The summed E-state index contributed by atoms with van der Waals surface area (Å²) in [5.74, 6) is 0.195. The topological polar surface area (TPSA) is 55.0 Å². The number of halogens is 5. The van der Waals surface area contributed by atoms with E-state index in [1.54, 1.807) is 0 Å². The second-order valence-electron chi connectivity index (χ2n) is 6.52. The number of benzene rings is 1. The van der Waals surface area contributed by atoms with E-state index in [4.69, 9.17) is 27.9 Å². The van der Waals surface area contributed by atoms with Gasteiger partial charge in [0.1, 0.15) is 5.82 Å². The number of hydrogen-bond donors (Lipinski definition) is 1. The maximum absolute atomic E-state index is 13.6. The summed E-state index contributed by atoms with van der Waals surface area (Å²) in [6.45, 7) is 1.13. The molecular formula is C18H17Cl2F3N2O2. The Morgan fingerprint density at radius 2 is 1.89 bits per heavy atom. The van der Waals surface area contributed by atoms with Crippen molar-refractivity contribution in [3.05, 3.63) is 61.2 Å². The maximum atomic E-state index is 13.6. The van der Waals surface area contributed by atoms with Crippen LogP contribution in [0.4, 0.5) is 13.2 Å². The molecule has 0 atom stereocenters. The van der Waals surface area contributed by atoms with Crippen LogP contribution in [0.5, 0.6) is 0 Å². The van der Waals surface area contributed by atoms with Gasteiger partial charge < -0.3 is 9.72 Å². The van der Waals surface area contributed by atoms with Crippen LogP contribution in [-0.4, -0.2) is 23.2 Å². The van der Waals surface area contributed by atoms with Crippen molar-refractivity contribution in [3.63, 3.8) is 0 Å². The molecule has 1 aromatic carbocycles. The normalized spacial score (nSPS) is 15.9. The van der Waals surface area contributed by atoms with Crippen molar-refractivity contribution in [2.24, 2.45) is 5.92 Å². The lowest BCUT2D eigenvalue weighted by molar-refractivity contribution is -0.142. The first-order valence-corrected chi connectivity index (χ1v) is 9.20. The fourth-order valence-electron chi connectivity index (χ4n) is 3.12. The number of ether oxygens (including phenoxy) is 1. The van der Waals surface area contributed by atoms with Gasteiger partial charge in [0.2, 0.25) is 0 Å². The highest BCUT2D eigenvalue weighted by atomic mass is 35.5. The summed E-state index contributed by atoms with van der Waals surface area (Å²) in [7, 11) is 0. The van der Waals surface area contributed by atoms with Gasteiger partial charge in [-0.1, -0.05) is 29.3 Å². The molecule has 0 aliphatic carbocycles. The number of nitrogens with one attached hydrogen (secondary N) is 1. The number of hydrogen-bond acceptors (Lipinski definition) is 3. The van der Waals surface area contributed by atoms with Gasteiger partial charge in [0, 0.05) is 26.1 Å². The van der Waals surface area contributed by atoms with Gasteiger partial charge in [-0.3, -0.25) is 4.79 Å². The number of aromatic amines is 1. The van der Waals surface area contributed by atoms with Crippen molar-refractivity contribution in [3.8, 4) is 0 Å². The third-order valence-electron chi connectivity index (χ3n) is 4.52. The van der Waals surface area contributed by atoms with E-state index in [2.05, 4.69) is 9.97 Å². The van der Waals surface area contributed by atoms with Gasteiger partial charge >= 0.3 is 6.18 Å². The van der Waals surface area contributed by atoms with Crippen LogP contribution in [0, 0.1) is 5.92 Å². The average molecular weight is 421 g/mol. The van der Waals surface area contributed by atoms with Crippen LogP contribution in [0.1, 0.15) is 35.5 Å². The van der Waals surface area contributed by atoms with Crippen LogP contribution < -0.4 is 5.56 Å². The number of H-pyrrole nitrogens is 1. The van der Waals surface area contributed by atoms with Gasteiger partial charge in [0.25, 0.3) is 5.56 Å². The zero-order valence-electron chi connectivity index (χ0n) is 14.2. The molecule has 3 rings (SSSR count). The number of rotatable bonds is 4. The van der Waals surface area contributed by atoms with Gasteiger partial charge in [-0.05, 0) is 36.5 Å². The highest BCUT2D eigenvalue weighted by Crippen LogP contribution is 2.31. The Balaban J connectivity index is 1.94. The van der Waals surface area contributed by atoms with E-state index in [0.29, 0.717) is 18.8 Å². The molecule has 4 nitrogen and oxygen atoms in total. The van der Waals surface area contributed by atoms with Gasteiger partial charge in [-0.25, -0.2) is 4.98 Å². The molecule has 2 heterocycles. The van der Waals surface area contributed by atoms with Crippen LogP contribution >= 0.6 is 23.2 Å². The minimum Gasteiger partial charge on any atom is -0.381 e. The molecule has 1 aliphatic rings. The van der Waals surface area contributed by atoms with E-state index >= 15 is 0 Å². The first kappa shape index (κ1) is 20.2. The predicted octanol–water partition coefficient (Wildman–Crippen LogP) is 4.66. The molecule has 0 saturated carbocycles. The van der Waals surface area contributed by atoms with Crippen molar-refractivity contribution in [2.45, 2.75) is 31.9 Å². The summed E-state index contributed by atoms with van der Waals surface area (Å²) in [6, 6.07) is 4.46. The Bertz CT molecular complexity index is 878. The second kappa shape index (κ2) is 8.20. The number of nitrogens with zero attached hydrogens (tertiary/aromatic N) is 1. The SMILES string of the molecule is O=c1[nH]c(CC2CCOCC2)nc(C(F)(F)F)c1Cc1ccc(Cl)c(Cl)c1. The third-order valence-corrected chi connectivity index (χ3v) is 5.26. The van der Waals surface area contributed by atoms with Gasteiger partial charge in [0.15, 0.2) is 5.69 Å².